The van der Waals surface area contributed by atoms with Crippen LogP contribution in [0.4, 0.5) is 5.69 Å². The Balaban J connectivity index is 1.79. The fourth-order valence-electron chi connectivity index (χ4n) is 6.09. The van der Waals surface area contributed by atoms with Crippen molar-refractivity contribution in [2.24, 2.45) is 11.8 Å². The minimum Gasteiger partial charge on any atom is -0.466 e. The van der Waals surface area contributed by atoms with Crippen molar-refractivity contribution < 1.29 is 29.0 Å². The van der Waals surface area contributed by atoms with Gasteiger partial charge in [0.25, 0.3) is 5.91 Å². The van der Waals surface area contributed by atoms with Crippen LogP contribution in [0.5, 0.6) is 0 Å². The van der Waals surface area contributed by atoms with E-state index in [4.69, 9.17) is 9.47 Å². The van der Waals surface area contributed by atoms with Gasteiger partial charge in [0.15, 0.2) is 0 Å². The third kappa shape index (κ3) is 3.47. The van der Waals surface area contributed by atoms with E-state index in [1.807, 2.05) is 32.0 Å². The average molecular weight is 457 g/mol. The van der Waals surface area contributed by atoms with Crippen molar-refractivity contribution in [2.45, 2.75) is 51.4 Å². The van der Waals surface area contributed by atoms with Crippen LogP contribution in [-0.2, 0) is 23.9 Å². The number of amides is 2. The maximum absolute atomic E-state index is 14.2. The first-order valence-corrected chi connectivity index (χ1v) is 11.6. The molecule has 8 heteroatoms. The molecule has 1 N–H and O–H groups in total. The van der Waals surface area contributed by atoms with Gasteiger partial charge in [-0.3, -0.25) is 14.4 Å². The van der Waals surface area contributed by atoms with Gasteiger partial charge in [0.2, 0.25) is 5.91 Å². The minimum atomic E-state index is -1.11. The molecule has 0 aliphatic carbocycles. The zero-order valence-corrected chi connectivity index (χ0v) is 19.5. The van der Waals surface area contributed by atoms with Crippen molar-refractivity contribution in [3.05, 3.63) is 42.0 Å². The van der Waals surface area contributed by atoms with Gasteiger partial charge >= 0.3 is 5.97 Å². The van der Waals surface area contributed by atoms with E-state index in [-0.39, 0.29) is 38.1 Å². The third-order valence-electron chi connectivity index (χ3n) is 7.22. The topological polar surface area (TPSA) is 96.4 Å². The Kier molecular flexibility index (Phi) is 6.33. The van der Waals surface area contributed by atoms with E-state index < -0.39 is 35.6 Å². The number of esters is 1. The molecule has 3 heterocycles. The lowest BCUT2D eigenvalue weighted by Crippen LogP contribution is -2.57. The fourth-order valence-corrected chi connectivity index (χ4v) is 6.09. The number of anilines is 1. The number of carbonyl (C=O) groups excluding carboxylic acids is 3. The molecule has 4 rings (SSSR count). The number of hydrogen-bond acceptors (Lipinski definition) is 6. The van der Waals surface area contributed by atoms with E-state index >= 15 is 0 Å². The maximum Gasteiger partial charge on any atom is 0.312 e. The molecule has 2 bridgehead atoms. The van der Waals surface area contributed by atoms with Crippen LogP contribution in [-0.4, -0.2) is 71.8 Å². The number of aliphatic hydroxyl groups is 1. The Morgan fingerprint density at radius 3 is 2.67 bits per heavy atom. The average Bonchev–Trinajstić information content (AvgIpc) is 3.41. The molecule has 5 atom stereocenters. The summed E-state index contributed by atoms with van der Waals surface area (Å²) in [5.74, 6) is -2.61. The molecule has 2 amide bonds. The van der Waals surface area contributed by atoms with E-state index in [1.165, 1.54) is 4.90 Å². The van der Waals surface area contributed by atoms with Crippen molar-refractivity contribution in [3.63, 3.8) is 0 Å². The van der Waals surface area contributed by atoms with Gasteiger partial charge < -0.3 is 24.4 Å². The molecule has 33 heavy (non-hydrogen) atoms. The number of β-amino-alcohol motifs (C(OH)–C–C–N with tert-alkyl or cyclic N) is 1. The molecule has 8 nitrogen and oxygen atoms in total. The van der Waals surface area contributed by atoms with E-state index in [0.29, 0.717) is 12.8 Å². The number of carbonyl (C=O) groups is 3. The molecule has 1 aromatic rings. The lowest BCUT2D eigenvalue weighted by atomic mass is 9.70. The van der Waals surface area contributed by atoms with Gasteiger partial charge in [0.05, 0.1) is 31.2 Å². The van der Waals surface area contributed by atoms with E-state index in [0.717, 1.165) is 16.8 Å². The first kappa shape index (κ1) is 23.4. The number of nitrogens with zero attached hydrogens (tertiary/aromatic N) is 2. The summed E-state index contributed by atoms with van der Waals surface area (Å²) in [6.07, 6.45) is 2.28. The maximum atomic E-state index is 14.2. The molecule has 3 fully saturated rings. The molecule has 2 unspecified atom stereocenters. The number of rotatable bonds is 8. The second-order valence-corrected chi connectivity index (χ2v) is 9.04. The quantitative estimate of drug-likeness (QED) is 0.473. The van der Waals surface area contributed by atoms with Crippen LogP contribution in [0.15, 0.2) is 30.9 Å². The third-order valence-corrected chi connectivity index (χ3v) is 7.22. The number of para-hydroxylation sites is 1. The number of aryl methyl sites for hydroxylation is 2. The predicted octanol–water partition coefficient (Wildman–Crippen LogP) is 1.75. The summed E-state index contributed by atoms with van der Waals surface area (Å²) in [4.78, 5) is 43.6. The molecule has 3 aliphatic rings. The molecular formula is C25H32N2O6. The zero-order chi connectivity index (χ0) is 23.9. The molecule has 178 valence electrons. The number of ether oxygens (including phenoxy) is 2. The zero-order valence-electron chi connectivity index (χ0n) is 19.5. The smallest absolute Gasteiger partial charge is 0.312 e. The van der Waals surface area contributed by atoms with Gasteiger partial charge in [0, 0.05) is 18.8 Å². The lowest BCUT2D eigenvalue weighted by molar-refractivity contribution is -0.154. The van der Waals surface area contributed by atoms with Gasteiger partial charge in [-0.15, -0.1) is 6.58 Å². The van der Waals surface area contributed by atoms with E-state index in [1.54, 1.807) is 17.9 Å². The van der Waals surface area contributed by atoms with Crippen molar-refractivity contribution >= 4 is 23.5 Å². The number of fused-ring (bicyclic) bond motifs is 1. The Morgan fingerprint density at radius 1 is 1.36 bits per heavy atom. The summed E-state index contributed by atoms with van der Waals surface area (Å²) >= 11 is 0. The first-order valence-electron chi connectivity index (χ1n) is 11.6. The summed E-state index contributed by atoms with van der Waals surface area (Å²) < 4.78 is 11.6. The van der Waals surface area contributed by atoms with Crippen molar-refractivity contribution in [1.29, 1.82) is 0 Å². The van der Waals surface area contributed by atoms with Crippen molar-refractivity contribution in [1.82, 2.24) is 4.90 Å². The van der Waals surface area contributed by atoms with Crippen molar-refractivity contribution in [3.8, 4) is 0 Å². The van der Waals surface area contributed by atoms with Crippen LogP contribution in [0.2, 0.25) is 0 Å². The largest absolute Gasteiger partial charge is 0.466 e. The summed E-state index contributed by atoms with van der Waals surface area (Å²) in [5.41, 5.74) is 1.52. The Hall–Kier alpha value is -2.71. The van der Waals surface area contributed by atoms with Crippen LogP contribution >= 0.6 is 0 Å². The monoisotopic (exact) mass is 456 g/mol. The summed E-state index contributed by atoms with van der Waals surface area (Å²) in [6, 6.07) is 4.87. The first-order chi connectivity index (χ1) is 15.8. The SMILES string of the molecule is C=CCN(C(=O)C1N(CCO)C(=O)[C@@H]2[C@H](C(=O)OCC)[C@@H]3CCC12O3)c1c(C)cccc1C. The van der Waals surface area contributed by atoms with Crippen LogP contribution in [0.25, 0.3) is 0 Å². The molecular weight excluding hydrogens is 424 g/mol. The second kappa shape index (κ2) is 8.91. The summed E-state index contributed by atoms with van der Waals surface area (Å²) in [7, 11) is 0. The minimum absolute atomic E-state index is 0.00819. The van der Waals surface area contributed by atoms with Gasteiger partial charge in [-0.05, 0) is 44.7 Å². The summed E-state index contributed by atoms with van der Waals surface area (Å²) in [5, 5.41) is 9.71. The molecule has 1 aromatic carbocycles. The van der Waals surface area contributed by atoms with Crippen molar-refractivity contribution in [2.75, 3.05) is 31.2 Å². The van der Waals surface area contributed by atoms with Gasteiger partial charge in [-0.2, -0.15) is 0 Å². The van der Waals surface area contributed by atoms with Crippen LogP contribution < -0.4 is 4.90 Å². The molecule has 3 saturated heterocycles. The number of hydrogen-bond donors (Lipinski definition) is 1. The number of aliphatic hydroxyl groups excluding tert-OH is 1. The molecule has 0 radical (unpaired) electrons. The van der Waals surface area contributed by atoms with Gasteiger partial charge in [0.1, 0.15) is 11.6 Å². The predicted molar refractivity (Wildman–Crippen MR) is 122 cm³/mol. The molecule has 0 aromatic heterocycles. The fraction of sp³-hybridized carbons (Fsp3) is 0.560. The van der Waals surface area contributed by atoms with Crippen LogP contribution in [0.3, 0.4) is 0 Å². The van der Waals surface area contributed by atoms with E-state index in [9.17, 15) is 19.5 Å². The molecule has 1 spiro atoms. The van der Waals surface area contributed by atoms with Gasteiger partial charge in [-0.1, -0.05) is 24.3 Å². The molecule has 0 saturated carbocycles. The van der Waals surface area contributed by atoms with E-state index in [2.05, 4.69) is 6.58 Å². The highest BCUT2D eigenvalue weighted by Gasteiger charge is 2.75. The normalized spacial score (nSPS) is 29.8. The number of likely N-dealkylation sites (tertiary alicyclic amines) is 1. The Labute approximate surface area is 194 Å². The van der Waals surface area contributed by atoms with Crippen LogP contribution in [0, 0.1) is 25.7 Å². The van der Waals surface area contributed by atoms with Gasteiger partial charge in [-0.25, -0.2) is 0 Å². The Morgan fingerprint density at radius 2 is 2.06 bits per heavy atom. The highest BCUT2D eigenvalue weighted by atomic mass is 16.6. The Bertz CT molecular complexity index is 957. The number of benzene rings is 1. The standard InChI is InChI=1S/C25H32N2O6/c1-5-12-26(20-15(3)8-7-9-16(20)4)23(30)21-25-11-10-17(33-25)18(24(31)32-6-2)19(25)22(29)27(21)13-14-28/h5,7-9,17-19,21,28H,1,6,10-14H2,2-4H3/t17-,18+,19-,21?,25?/m0/s1. The van der Waals surface area contributed by atoms with Crippen LogP contribution in [0.1, 0.15) is 30.9 Å². The highest BCUT2D eigenvalue weighted by Crippen LogP contribution is 2.58. The summed E-state index contributed by atoms with van der Waals surface area (Å²) in [6.45, 7) is 9.58. The molecule has 3 aliphatic heterocycles. The highest BCUT2D eigenvalue weighted by molar-refractivity contribution is 6.05. The lowest BCUT2D eigenvalue weighted by Gasteiger charge is -2.37. The second-order valence-electron chi connectivity index (χ2n) is 9.04.